The molecule has 2 atom stereocenters. The Morgan fingerprint density at radius 2 is 2.00 bits per heavy atom. The fourth-order valence-electron chi connectivity index (χ4n) is 2.41. The molecule has 1 aromatic rings. The third-order valence-corrected chi connectivity index (χ3v) is 3.49. The Bertz CT molecular complexity index is 305. The molecule has 2 rings (SSSR count). The second kappa shape index (κ2) is 4.67. The molecule has 15 heavy (non-hydrogen) atoms. The number of benzene rings is 1. The van der Waals surface area contributed by atoms with E-state index in [1.807, 2.05) is 12.1 Å². The summed E-state index contributed by atoms with van der Waals surface area (Å²) in [7, 11) is 0. The van der Waals surface area contributed by atoms with E-state index in [1.54, 1.807) is 4.90 Å². The van der Waals surface area contributed by atoms with Crippen LogP contribution in [0.25, 0.3) is 0 Å². The number of hydrogen-bond acceptors (Lipinski definition) is 1. The number of rotatable bonds is 2. The van der Waals surface area contributed by atoms with Gasteiger partial charge in [0.15, 0.2) is 0 Å². The Morgan fingerprint density at radius 3 is 2.67 bits per heavy atom. The molecule has 3 N–H and O–H groups in total. The Morgan fingerprint density at radius 1 is 1.27 bits per heavy atom. The van der Waals surface area contributed by atoms with Gasteiger partial charge in [-0.15, -0.1) is 0 Å². The van der Waals surface area contributed by atoms with Crippen LogP contribution in [-0.4, -0.2) is 12.6 Å². The number of anilines is 1. The van der Waals surface area contributed by atoms with Gasteiger partial charge in [-0.2, -0.15) is 0 Å². The SMILES string of the molecule is C[C@@H]1CCCC[NH+]1Cc1ccc(N)cc1. The molecular formula is C13H21N2+. The summed E-state index contributed by atoms with van der Waals surface area (Å²) in [6.07, 6.45) is 4.17. The molecule has 0 amide bonds. The highest BCUT2D eigenvalue weighted by atomic mass is 15.2. The summed E-state index contributed by atoms with van der Waals surface area (Å²) < 4.78 is 0. The number of nitrogens with two attached hydrogens (primary N) is 1. The van der Waals surface area contributed by atoms with Gasteiger partial charge in [-0.25, -0.2) is 0 Å². The minimum atomic E-state index is 0.816. The topological polar surface area (TPSA) is 30.5 Å². The van der Waals surface area contributed by atoms with Crippen LogP contribution in [0.15, 0.2) is 24.3 Å². The quantitative estimate of drug-likeness (QED) is 0.699. The molecule has 1 aromatic carbocycles. The van der Waals surface area contributed by atoms with Gasteiger partial charge >= 0.3 is 0 Å². The highest BCUT2D eigenvalue weighted by Gasteiger charge is 2.21. The molecule has 0 aromatic heterocycles. The summed E-state index contributed by atoms with van der Waals surface area (Å²) in [4.78, 5) is 1.73. The number of nitrogens with one attached hydrogen (secondary N) is 1. The Kier molecular flexibility index (Phi) is 3.27. The fraction of sp³-hybridized carbons (Fsp3) is 0.538. The molecule has 1 aliphatic heterocycles. The molecule has 2 nitrogen and oxygen atoms in total. The molecule has 1 aliphatic rings. The van der Waals surface area contributed by atoms with Crippen molar-refractivity contribution in [2.24, 2.45) is 0 Å². The van der Waals surface area contributed by atoms with Crippen LogP contribution in [0.2, 0.25) is 0 Å². The molecule has 82 valence electrons. The third kappa shape index (κ3) is 2.72. The summed E-state index contributed by atoms with van der Waals surface area (Å²) in [6, 6.07) is 9.14. The molecule has 0 aliphatic carbocycles. The van der Waals surface area contributed by atoms with Crippen molar-refractivity contribution in [2.75, 3.05) is 12.3 Å². The molecule has 0 spiro atoms. The maximum Gasteiger partial charge on any atom is 0.103 e. The van der Waals surface area contributed by atoms with E-state index >= 15 is 0 Å². The first-order valence-corrected chi connectivity index (χ1v) is 5.94. The van der Waals surface area contributed by atoms with E-state index in [1.165, 1.54) is 31.4 Å². The lowest BCUT2D eigenvalue weighted by Crippen LogP contribution is -3.14. The van der Waals surface area contributed by atoms with Crippen LogP contribution in [0.1, 0.15) is 31.7 Å². The van der Waals surface area contributed by atoms with Gasteiger partial charge in [0.25, 0.3) is 0 Å². The van der Waals surface area contributed by atoms with Crippen molar-refractivity contribution in [1.82, 2.24) is 0 Å². The van der Waals surface area contributed by atoms with Crippen molar-refractivity contribution in [2.45, 2.75) is 38.8 Å². The summed E-state index contributed by atoms with van der Waals surface area (Å²) in [5, 5.41) is 0. The number of hydrogen-bond donors (Lipinski definition) is 2. The van der Waals surface area contributed by atoms with E-state index in [0.717, 1.165) is 18.3 Å². The molecule has 1 saturated heterocycles. The zero-order chi connectivity index (χ0) is 10.7. The molecule has 0 radical (unpaired) electrons. The lowest BCUT2D eigenvalue weighted by atomic mass is 10.0. The monoisotopic (exact) mass is 205 g/mol. The van der Waals surface area contributed by atoms with Crippen molar-refractivity contribution in [1.29, 1.82) is 0 Å². The Hall–Kier alpha value is -1.02. The van der Waals surface area contributed by atoms with Gasteiger partial charge in [-0.05, 0) is 38.3 Å². The standard InChI is InChI=1S/C13H20N2/c1-11-4-2-3-9-15(11)10-12-5-7-13(14)8-6-12/h5-8,11H,2-4,9-10,14H2,1H3/p+1/t11-/m1/s1. The Balaban J connectivity index is 1.98. The summed E-state index contributed by atoms with van der Waals surface area (Å²) in [5.41, 5.74) is 7.95. The molecule has 0 bridgehead atoms. The number of nitrogen functional groups attached to an aromatic ring is 1. The van der Waals surface area contributed by atoms with E-state index in [2.05, 4.69) is 19.1 Å². The van der Waals surface area contributed by atoms with Crippen molar-refractivity contribution >= 4 is 5.69 Å². The van der Waals surface area contributed by atoms with Crippen LogP contribution in [0.4, 0.5) is 5.69 Å². The lowest BCUT2D eigenvalue weighted by molar-refractivity contribution is -0.941. The van der Waals surface area contributed by atoms with Crippen molar-refractivity contribution in [3.63, 3.8) is 0 Å². The summed E-state index contributed by atoms with van der Waals surface area (Å²) >= 11 is 0. The van der Waals surface area contributed by atoms with Gasteiger partial charge in [0.05, 0.1) is 12.6 Å². The van der Waals surface area contributed by atoms with Crippen LogP contribution in [-0.2, 0) is 6.54 Å². The molecule has 1 heterocycles. The molecular weight excluding hydrogens is 184 g/mol. The van der Waals surface area contributed by atoms with E-state index in [-0.39, 0.29) is 0 Å². The van der Waals surface area contributed by atoms with Gasteiger partial charge in [0.2, 0.25) is 0 Å². The first-order valence-electron chi connectivity index (χ1n) is 5.94. The van der Waals surface area contributed by atoms with E-state index in [4.69, 9.17) is 5.73 Å². The Labute approximate surface area is 92.1 Å². The van der Waals surface area contributed by atoms with Crippen molar-refractivity contribution < 1.29 is 4.90 Å². The molecule has 1 fully saturated rings. The van der Waals surface area contributed by atoms with E-state index in [0.29, 0.717) is 0 Å². The third-order valence-electron chi connectivity index (χ3n) is 3.49. The molecule has 0 saturated carbocycles. The number of likely N-dealkylation sites (tertiary alicyclic amines) is 1. The van der Waals surface area contributed by atoms with Crippen LogP contribution in [0.3, 0.4) is 0 Å². The average Bonchev–Trinajstić information content (AvgIpc) is 2.25. The summed E-state index contributed by atoms with van der Waals surface area (Å²) in [5.74, 6) is 0. The first kappa shape index (κ1) is 10.5. The van der Waals surface area contributed by atoms with Crippen LogP contribution < -0.4 is 10.6 Å². The van der Waals surface area contributed by atoms with Crippen LogP contribution in [0.5, 0.6) is 0 Å². The highest BCUT2D eigenvalue weighted by Crippen LogP contribution is 2.06. The molecule has 1 unspecified atom stereocenters. The lowest BCUT2D eigenvalue weighted by Gasteiger charge is -2.30. The van der Waals surface area contributed by atoms with Gasteiger partial charge in [-0.1, -0.05) is 12.1 Å². The highest BCUT2D eigenvalue weighted by molar-refractivity contribution is 5.38. The van der Waals surface area contributed by atoms with E-state index < -0.39 is 0 Å². The maximum absolute atomic E-state index is 5.68. The van der Waals surface area contributed by atoms with Gasteiger partial charge in [0, 0.05) is 11.3 Å². The van der Waals surface area contributed by atoms with Crippen LogP contribution in [0, 0.1) is 0 Å². The second-order valence-electron chi connectivity index (χ2n) is 4.72. The fourth-order valence-corrected chi connectivity index (χ4v) is 2.41. The maximum atomic E-state index is 5.68. The zero-order valence-corrected chi connectivity index (χ0v) is 9.50. The second-order valence-corrected chi connectivity index (χ2v) is 4.72. The number of piperidine rings is 1. The predicted molar refractivity (Wildman–Crippen MR) is 63.7 cm³/mol. The van der Waals surface area contributed by atoms with Gasteiger partial charge < -0.3 is 10.6 Å². The normalized spacial score (nSPS) is 26.5. The van der Waals surface area contributed by atoms with Crippen LogP contribution >= 0.6 is 0 Å². The largest absolute Gasteiger partial charge is 0.399 e. The predicted octanol–water partition coefficient (Wildman–Crippen LogP) is 1.23. The van der Waals surface area contributed by atoms with Gasteiger partial charge in [-0.3, -0.25) is 0 Å². The molecule has 2 heteroatoms. The van der Waals surface area contributed by atoms with Crippen molar-refractivity contribution in [3.8, 4) is 0 Å². The van der Waals surface area contributed by atoms with Crippen molar-refractivity contribution in [3.05, 3.63) is 29.8 Å². The zero-order valence-electron chi connectivity index (χ0n) is 9.50. The van der Waals surface area contributed by atoms with E-state index in [9.17, 15) is 0 Å². The minimum Gasteiger partial charge on any atom is -0.399 e. The summed E-state index contributed by atoms with van der Waals surface area (Å²) in [6.45, 7) is 4.85. The average molecular weight is 205 g/mol. The van der Waals surface area contributed by atoms with Gasteiger partial charge in [0.1, 0.15) is 6.54 Å². The smallest absolute Gasteiger partial charge is 0.103 e. The minimum absolute atomic E-state index is 0.816. The number of quaternary nitrogens is 1. The first-order chi connectivity index (χ1) is 7.25.